The molecular weight excluding hydrogens is 436 g/mol. The second-order valence-electron chi connectivity index (χ2n) is 8.97. The van der Waals surface area contributed by atoms with E-state index in [2.05, 4.69) is 20.8 Å². The predicted octanol–water partition coefficient (Wildman–Crippen LogP) is 4.78. The Morgan fingerprint density at radius 3 is 2.74 bits per heavy atom. The van der Waals surface area contributed by atoms with E-state index in [0.717, 1.165) is 29.7 Å². The molecule has 2 N–H and O–H groups in total. The Kier molecular flexibility index (Phi) is 7.68. The zero-order valence-electron chi connectivity index (χ0n) is 18.6. The molecule has 1 aliphatic rings. The maximum atomic E-state index is 13.1. The van der Waals surface area contributed by atoms with Crippen LogP contribution in [-0.4, -0.2) is 42.4 Å². The van der Waals surface area contributed by atoms with Crippen molar-refractivity contribution in [1.29, 1.82) is 0 Å². The molecule has 1 aromatic carbocycles. The van der Waals surface area contributed by atoms with Gasteiger partial charge in [0, 0.05) is 11.3 Å². The number of aryl methyl sites for hydroxylation is 2. The lowest BCUT2D eigenvalue weighted by molar-refractivity contribution is 0.0527. The maximum Gasteiger partial charge on any atom is 0.179 e. The summed E-state index contributed by atoms with van der Waals surface area (Å²) in [5.74, 6) is 0.930. The molecule has 170 valence electrons. The fourth-order valence-corrected chi connectivity index (χ4v) is 5.52. The third kappa shape index (κ3) is 5.61. The van der Waals surface area contributed by atoms with Gasteiger partial charge >= 0.3 is 0 Å². The van der Waals surface area contributed by atoms with E-state index < -0.39 is 12.7 Å². The van der Waals surface area contributed by atoms with Gasteiger partial charge in [0.25, 0.3) is 0 Å². The SMILES string of the molecule is COc1cc(CCC(=O)c2sc(C)c3c2CCC(C)(C)C3)cc(Cl)c1OC[C@H](O)CO. The van der Waals surface area contributed by atoms with Crippen LogP contribution in [0, 0.1) is 12.3 Å². The lowest BCUT2D eigenvalue weighted by atomic mass is 9.74. The van der Waals surface area contributed by atoms with Gasteiger partial charge in [-0.15, -0.1) is 11.3 Å². The molecule has 1 heterocycles. The van der Waals surface area contributed by atoms with Crippen molar-refractivity contribution in [2.24, 2.45) is 5.41 Å². The molecule has 1 aliphatic carbocycles. The topological polar surface area (TPSA) is 76.0 Å². The van der Waals surface area contributed by atoms with Crippen LogP contribution in [0.5, 0.6) is 11.5 Å². The number of hydrogen-bond donors (Lipinski definition) is 2. The van der Waals surface area contributed by atoms with Crippen molar-refractivity contribution < 1.29 is 24.5 Å². The number of benzene rings is 1. The minimum Gasteiger partial charge on any atom is -0.493 e. The van der Waals surface area contributed by atoms with E-state index in [9.17, 15) is 9.90 Å². The Morgan fingerprint density at radius 2 is 2.06 bits per heavy atom. The number of ketones is 1. The Bertz CT molecular complexity index is 950. The highest BCUT2D eigenvalue weighted by atomic mass is 35.5. The zero-order valence-corrected chi connectivity index (χ0v) is 20.2. The number of halogens is 1. The smallest absolute Gasteiger partial charge is 0.179 e. The molecule has 7 heteroatoms. The van der Waals surface area contributed by atoms with Crippen molar-refractivity contribution in [2.75, 3.05) is 20.3 Å². The third-order valence-electron chi connectivity index (χ3n) is 5.84. The van der Waals surface area contributed by atoms with Gasteiger partial charge < -0.3 is 19.7 Å². The van der Waals surface area contributed by atoms with Crippen LogP contribution in [0.2, 0.25) is 5.02 Å². The Hall–Kier alpha value is -1.60. The fraction of sp³-hybridized carbons (Fsp3) is 0.542. The van der Waals surface area contributed by atoms with Crippen LogP contribution in [0.4, 0.5) is 0 Å². The van der Waals surface area contributed by atoms with Crippen LogP contribution in [0.3, 0.4) is 0 Å². The molecule has 0 amide bonds. The zero-order chi connectivity index (χ0) is 22.8. The lowest BCUT2D eigenvalue weighted by Crippen LogP contribution is -2.22. The van der Waals surface area contributed by atoms with Crippen LogP contribution in [-0.2, 0) is 19.3 Å². The quantitative estimate of drug-likeness (QED) is 0.520. The van der Waals surface area contributed by atoms with Crippen molar-refractivity contribution >= 4 is 28.7 Å². The largest absolute Gasteiger partial charge is 0.493 e. The normalized spacial score (nSPS) is 16.0. The van der Waals surface area contributed by atoms with Gasteiger partial charge in [0.15, 0.2) is 17.3 Å². The van der Waals surface area contributed by atoms with Crippen LogP contribution < -0.4 is 9.47 Å². The van der Waals surface area contributed by atoms with E-state index in [-0.39, 0.29) is 12.4 Å². The first kappa shape index (κ1) is 24.1. The van der Waals surface area contributed by atoms with E-state index in [4.69, 9.17) is 26.2 Å². The van der Waals surface area contributed by atoms with E-state index in [1.165, 1.54) is 23.1 Å². The van der Waals surface area contributed by atoms with Crippen LogP contribution >= 0.6 is 22.9 Å². The molecule has 0 saturated heterocycles. The van der Waals surface area contributed by atoms with E-state index in [0.29, 0.717) is 34.8 Å². The summed E-state index contributed by atoms with van der Waals surface area (Å²) in [6.45, 7) is 6.22. The minimum absolute atomic E-state index is 0.0932. The van der Waals surface area contributed by atoms with Crippen molar-refractivity contribution in [3.63, 3.8) is 0 Å². The monoisotopic (exact) mass is 466 g/mol. The second-order valence-corrected chi connectivity index (χ2v) is 10.6. The van der Waals surface area contributed by atoms with Gasteiger partial charge in [-0.05, 0) is 66.8 Å². The highest BCUT2D eigenvalue weighted by molar-refractivity contribution is 7.14. The van der Waals surface area contributed by atoms with Gasteiger partial charge in [0.1, 0.15) is 12.7 Å². The van der Waals surface area contributed by atoms with Crippen molar-refractivity contribution in [3.05, 3.63) is 43.6 Å². The van der Waals surface area contributed by atoms with E-state index in [1.807, 2.05) is 0 Å². The molecule has 0 spiro atoms. The summed E-state index contributed by atoms with van der Waals surface area (Å²) in [7, 11) is 1.51. The summed E-state index contributed by atoms with van der Waals surface area (Å²) in [6, 6.07) is 3.56. The fourth-order valence-electron chi connectivity index (χ4n) is 4.04. The van der Waals surface area contributed by atoms with Gasteiger partial charge in [-0.2, -0.15) is 0 Å². The number of thiophene rings is 1. The van der Waals surface area contributed by atoms with Gasteiger partial charge in [-0.25, -0.2) is 0 Å². The number of aliphatic hydroxyl groups is 2. The molecule has 1 atom stereocenters. The summed E-state index contributed by atoms with van der Waals surface area (Å²) in [5.41, 5.74) is 3.81. The van der Waals surface area contributed by atoms with Gasteiger partial charge in [0.05, 0.1) is 23.6 Å². The van der Waals surface area contributed by atoms with E-state index in [1.54, 1.807) is 23.5 Å². The first-order valence-corrected chi connectivity index (χ1v) is 11.8. The molecule has 0 fully saturated rings. The Morgan fingerprint density at radius 1 is 1.32 bits per heavy atom. The van der Waals surface area contributed by atoms with Crippen molar-refractivity contribution in [1.82, 2.24) is 0 Å². The Labute approximate surface area is 193 Å². The van der Waals surface area contributed by atoms with Crippen LogP contribution in [0.25, 0.3) is 0 Å². The predicted molar refractivity (Wildman–Crippen MR) is 124 cm³/mol. The number of Topliss-reactive ketones (excluding diaryl/α,β-unsaturated/α-hetero) is 1. The molecule has 5 nitrogen and oxygen atoms in total. The van der Waals surface area contributed by atoms with Crippen molar-refractivity contribution in [2.45, 2.75) is 59.0 Å². The molecule has 0 saturated carbocycles. The molecule has 2 aromatic rings. The molecule has 0 radical (unpaired) electrons. The molecule has 31 heavy (non-hydrogen) atoms. The average molecular weight is 467 g/mol. The third-order valence-corrected chi connectivity index (χ3v) is 7.35. The first-order valence-electron chi connectivity index (χ1n) is 10.6. The molecule has 1 aromatic heterocycles. The standard InChI is InChI=1S/C24H31ClO5S/c1-14-18-11-24(2,3)8-7-17(18)23(31-14)20(28)6-5-15-9-19(25)22(21(10-15)29-4)30-13-16(27)12-26/h9-10,16,26-27H,5-8,11-13H2,1-4H3/t16-/m1/s1. The number of hydrogen-bond acceptors (Lipinski definition) is 6. The molecule has 0 unspecified atom stereocenters. The van der Waals surface area contributed by atoms with Gasteiger partial charge in [-0.1, -0.05) is 25.4 Å². The first-order chi connectivity index (χ1) is 14.6. The maximum absolute atomic E-state index is 13.1. The highest BCUT2D eigenvalue weighted by Gasteiger charge is 2.31. The highest BCUT2D eigenvalue weighted by Crippen LogP contribution is 2.42. The van der Waals surface area contributed by atoms with E-state index >= 15 is 0 Å². The molecule has 0 aliphatic heterocycles. The second kappa shape index (κ2) is 9.90. The summed E-state index contributed by atoms with van der Waals surface area (Å²) >= 11 is 8.00. The minimum atomic E-state index is -0.996. The molecular formula is C24H31ClO5S. The molecule has 3 rings (SSSR count). The summed E-state index contributed by atoms with van der Waals surface area (Å²) < 4.78 is 10.9. The van der Waals surface area contributed by atoms with Gasteiger partial charge in [0.2, 0.25) is 0 Å². The number of methoxy groups -OCH3 is 1. The number of carbonyl (C=O) groups excluding carboxylic acids is 1. The van der Waals surface area contributed by atoms with Crippen molar-refractivity contribution in [3.8, 4) is 11.5 Å². The van der Waals surface area contributed by atoms with Crippen LogP contribution in [0.1, 0.15) is 57.9 Å². The van der Waals surface area contributed by atoms with Crippen LogP contribution in [0.15, 0.2) is 12.1 Å². The summed E-state index contributed by atoms with van der Waals surface area (Å²) in [6.07, 6.45) is 3.07. The number of aliphatic hydroxyl groups excluding tert-OH is 2. The number of fused-ring (bicyclic) bond motifs is 1. The summed E-state index contributed by atoms with van der Waals surface area (Å²) in [5, 5.41) is 18.8. The Balaban J connectivity index is 1.72. The lowest BCUT2D eigenvalue weighted by Gasteiger charge is -2.30. The molecule has 0 bridgehead atoms. The number of carbonyl (C=O) groups is 1. The number of rotatable bonds is 9. The average Bonchev–Trinajstić information content (AvgIpc) is 3.05. The van der Waals surface area contributed by atoms with Gasteiger partial charge in [-0.3, -0.25) is 4.79 Å². The summed E-state index contributed by atoms with van der Waals surface area (Å²) in [4.78, 5) is 15.2. The number of ether oxygens (including phenoxy) is 2.